The molecule has 0 heterocycles. The third-order valence-corrected chi connectivity index (χ3v) is 3.97. The van der Waals surface area contributed by atoms with Gasteiger partial charge in [-0.2, -0.15) is 5.26 Å². The molecule has 1 atom stereocenters. The van der Waals surface area contributed by atoms with E-state index in [1.165, 1.54) is 11.1 Å². The van der Waals surface area contributed by atoms with Crippen LogP contribution < -0.4 is 5.32 Å². The third kappa shape index (κ3) is 3.69. The molecule has 0 aliphatic heterocycles. The lowest BCUT2D eigenvalue weighted by molar-refractivity contribution is 0.573. The van der Waals surface area contributed by atoms with Crippen molar-refractivity contribution in [2.24, 2.45) is 0 Å². The normalized spacial score (nSPS) is 11.9. The molecule has 1 N–H and O–H groups in total. The van der Waals surface area contributed by atoms with E-state index in [4.69, 9.17) is 5.26 Å². The summed E-state index contributed by atoms with van der Waals surface area (Å²) >= 11 is 3.45. The number of benzene rings is 2. The Kier molecular flexibility index (Phi) is 4.94. The number of hydrogen-bond acceptors (Lipinski definition) is 2. The van der Waals surface area contributed by atoms with E-state index >= 15 is 0 Å². The zero-order valence-corrected chi connectivity index (χ0v) is 13.2. The second-order valence-corrected chi connectivity index (χ2v) is 5.82. The van der Waals surface area contributed by atoms with Crippen molar-refractivity contribution >= 4 is 15.9 Å². The molecule has 1 unspecified atom stereocenters. The maximum Gasteiger partial charge on any atom is 0.0991 e. The summed E-state index contributed by atoms with van der Waals surface area (Å²) in [6, 6.07) is 16.6. The fraction of sp³-hybridized carbons (Fsp3) is 0.235. The SMILES string of the molecule is Cc1cc(C#N)ccc1CNC(C)c1ccc(Br)cc1. The minimum atomic E-state index is 0.290. The van der Waals surface area contributed by atoms with Gasteiger partial charge >= 0.3 is 0 Å². The molecule has 0 aromatic heterocycles. The highest BCUT2D eigenvalue weighted by atomic mass is 79.9. The first-order chi connectivity index (χ1) is 9.60. The van der Waals surface area contributed by atoms with Gasteiger partial charge in [0.25, 0.3) is 0 Å². The molecule has 3 heteroatoms. The number of nitrogens with zero attached hydrogens (tertiary/aromatic N) is 1. The van der Waals surface area contributed by atoms with Gasteiger partial charge in [0, 0.05) is 17.1 Å². The first kappa shape index (κ1) is 14.8. The number of aryl methyl sites for hydroxylation is 1. The molecule has 0 saturated heterocycles. The van der Waals surface area contributed by atoms with Crippen molar-refractivity contribution in [3.8, 4) is 6.07 Å². The van der Waals surface area contributed by atoms with Crippen LogP contribution in [0.1, 0.15) is 35.2 Å². The van der Waals surface area contributed by atoms with Crippen LogP contribution >= 0.6 is 15.9 Å². The van der Waals surface area contributed by atoms with Gasteiger partial charge in [0.1, 0.15) is 0 Å². The minimum Gasteiger partial charge on any atom is -0.306 e. The van der Waals surface area contributed by atoms with Crippen LogP contribution in [0.5, 0.6) is 0 Å². The number of rotatable bonds is 4. The molecule has 20 heavy (non-hydrogen) atoms. The van der Waals surface area contributed by atoms with Crippen molar-refractivity contribution in [1.29, 1.82) is 5.26 Å². The van der Waals surface area contributed by atoms with E-state index < -0.39 is 0 Å². The van der Waals surface area contributed by atoms with Crippen LogP contribution in [-0.4, -0.2) is 0 Å². The largest absolute Gasteiger partial charge is 0.306 e. The lowest BCUT2D eigenvalue weighted by Gasteiger charge is -2.15. The van der Waals surface area contributed by atoms with Gasteiger partial charge in [-0.1, -0.05) is 34.1 Å². The second kappa shape index (κ2) is 6.69. The molecule has 2 nitrogen and oxygen atoms in total. The van der Waals surface area contributed by atoms with Crippen LogP contribution in [0.15, 0.2) is 46.9 Å². The zero-order valence-electron chi connectivity index (χ0n) is 11.7. The number of hydrogen-bond donors (Lipinski definition) is 1. The Bertz CT molecular complexity index is 626. The summed E-state index contributed by atoms with van der Waals surface area (Å²) in [7, 11) is 0. The number of halogens is 1. The molecule has 0 amide bonds. The van der Waals surface area contributed by atoms with E-state index in [2.05, 4.69) is 58.5 Å². The molecule has 102 valence electrons. The molecule has 0 bridgehead atoms. The van der Waals surface area contributed by atoms with Gasteiger partial charge in [-0.25, -0.2) is 0 Å². The van der Waals surface area contributed by atoms with E-state index in [0.29, 0.717) is 5.56 Å². The van der Waals surface area contributed by atoms with Gasteiger partial charge in [-0.05, 0) is 54.8 Å². The van der Waals surface area contributed by atoms with Crippen molar-refractivity contribution in [3.63, 3.8) is 0 Å². The van der Waals surface area contributed by atoms with Crippen molar-refractivity contribution < 1.29 is 0 Å². The zero-order chi connectivity index (χ0) is 14.5. The summed E-state index contributed by atoms with van der Waals surface area (Å²) in [4.78, 5) is 0. The van der Waals surface area contributed by atoms with E-state index in [0.717, 1.165) is 16.6 Å². The second-order valence-electron chi connectivity index (χ2n) is 4.91. The van der Waals surface area contributed by atoms with Crippen LogP contribution in [0.2, 0.25) is 0 Å². The van der Waals surface area contributed by atoms with Crippen LogP contribution in [0.4, 0.5) is 0 Å². The van der Waals surface area contributed by atoms with Gasteiger partial charge in [0.05, 0.1) is 11.6 Å². The molecule has 2 rings (SSSR count). The maximum absolute atomic E-state index is 8.87. The fourth-order valence-electron chi connectivity index (χ4n) is 2.10. The Morgan fingerprint density at radius 3 is 2.50 bits per heavy atom. The number of nitrogens with one attached hydrogen (secondary N) is 1. The Morgan fingerprint density at radius 2 is 1.90 bits per heavy atom. The topological polar surface area (TPSA) is 35.8 Å². The highest BCUT2D eigenvalue weighted by Gasteiger charge is 2.06. The highest BCUT2D eigenvalue weighted by molar-refractivity contribution is 9.10. The predicted octanol–water partition coefficient (Wildman–Crippen LogP) is 4.48. The van der Waals surface area contributed by atoms with E-state index in [9.17, 15) is 0 Å². The van der Waals surface area contributed by atoms with Crippen LogP contribution in [0.25, 0.3) is 0 Å². The molecule has 0 spiro atoms. The Hall–Kier alpha value is -1.63. The van der Waals surface area contributed by atoms with Crippen molar-refractivity contribution in [3.05, 3.63) is 69.2 Å². The van der Waals surface area contributed by atoms with Crippen LogP contribution in [0.3, 0.4) is 0 Å². The number of nitriles is 1. The molecular formula is C17H17BrN2. The summed E-state index contributed by atoms with van der Waals surface area (Å²) in [6.45, 7) is 5.00. The molecule has 0 fully saturated rings. The smallest absolute Gasteiger partial charge is 0.0991 e. The summed E-state index contributed by atoms with van der Waals surface area (Å²) in [5, 5.41) is 12.4. The Labute approximate surface area is 128 Å². The molecule has 0 aliphatic carbocycles. The average Bonchev–Trinajstić information content (AvgIpc) is 2.46. The van der Waals surface area contributed by atoms with E-state index in [1.807, 2.05) is 25.1 Å². The molecule has 0 saturated carbocycles. The summed E-state index contributed by atoms with van der Waals surface area (Å²) < 4.78 is 1.09. The van der Waals surface area contributed by atoms with Crippen molar-refractivity contribution in [2.75, 3.05) is 0 Å². The van der Waals surface area contributed by atoms with Crippen LogP contribution in [-0.2, 0) is 6.54 Å². The Morgan fingerprint density at radius 1 is 1.20 bits per heavy atom. The quantitative estimate of drug-likeness (QED) is 0.898. The predicted molar refractivity (Wildman–Crippen MR) is 85.3 cm³/mol. The molecule has 0 radical (unpaired) electrons. The highest BCUT2D eigenvalue weighted by Crippen LogP contribution is 2.18. The molecule has 0 aliphatic rings. The summed E-state index contributed by atoms with van der Waals surface area (Å²) in [5.74, 6) is 0. The van der Waals surface area contributed by atoms with Gasteiger partial charge in [-0.3, -0.25) is 0 Å². The molecular weight excluding hydrogens is 312 g/mol. The van der Waals surface area contributed by atoms with Crippen molar-refractivity contribution in [2.45, 2.75) is 26.4 Å². The lowest BCUT2D eigenvalue weighted by Crippen LogP contribution is -2.18. The Balaban J connectivity index is 2.01. The lowest BCUT2D eigenvalue weighted by atomic mass is 10.0. The van der Waals surface area contributed by atoms with Crippen molar-refractivity contribution in [1.82, 2.24) is 5.32 Å². The van der Waals surface area contributed by atoms with Gasteiger partial charge in [0.2, 0.25) is 0 Å². The first-order valence-corrected chi connectivity index (χ1v) is 7.38. The molecule has 2 aromatic rings. The summed E-state index contributed by atoms with van der Waals surface area (Å²) in [6.07, 6.45) is 0. The van der Waals surface area contributed by atoms with E-state index in [1.54, 1.807) is 0 Å². The third-order valence-electron chi connectivity index (χ3n) is 3.44. The summed E-state index contributed by atoms with van der Waals surface area (Å²) in [5.41, 5.74) is 4.36. The van der Waals surface area contributed by atoms with Gasteiger partial charge in [0.15, 0.2) is 0 Å². The average molecular weight is 329 g/mol. The fourth-order valence-corrected chi connectivity index (χ4v) is 2.36. The maximum atomic E-state index is 8.87. The standard InChI is InChI=1S/C17H17BrN2/c1-12-9-14(10-19)3-4-16(12)11-20-13(2)15-5-7-17(18)8-6-15/h3-9,13,20H,11H2,1-2H3. The first-order valence-electron chi connectivity index (χ1n) is 6.58. The van der Waals surface area contributed by atoms with Gasteiger partial charge in [-0.15, -0.1) is 0 Å². The van der Waals surface area contributed by atoms with E-state index in [-0.39, 0.29) is 6.04 Å². The monoisotopic (exact) mass is 328 g/mol. The molecule has 2 aromatic carbocycles. The minimum absolute atomic E-state index is 0.290. The van der Waals surface area contributed by atoms with Gasteiger partial charge < -0.3 is 5.32 Å². The van der Waals surface area contributed by atoms with Crippen LogP contribution in [0, 0.1) is 18.3 Å².